The third-order valence-electron chi connectivity index (χ3n) is 2.19. The van der Waals surface area contributed by atoms with Crippen molar-refractivity contribution in [3.05, 3.63) is 59.4 Å². The van der Waals surface area contributed by atoms with Crippen molar-refractivity contribution in [2.75, 3.05) is 5.43 Å². The summed E-state index contributed by atoms with van der Waals surface area (Å²) in [5.41, 5.74) is 1.48. The number of pyridine rings is 1. The highest BCUT2D eigenvalue weighted by molar-refractivity contribution is 5.79. The molecule has 2 rings (SSSR count). The lowest BCUT2D eigenvalue weighted by atomic mass is 10.2. The van der Waals surface area contributed by atoms with Crippen molar-refractivity contribution in [1.82, 2.24) is 4.98 Å². The van der Waals surface area contributed by atoms with E-state index in [1.807, 2.05) is 5.43 Å². The van der Waals surface area contributed by atoms with E-state index in [2.05, 4.69) is 10.1 Å². The Labute approximate surface area is 105 Å². The van der Waals surface area contributed by atoms with Gasteiger partial charge in [-0.15, -0.1) is 0 Å². The number of hydrogen-bond acceptors (Lipinski definition) is 3. The number of anilines is 1. The molecule has 0 amide bonds. The number of rotatable bonds is 3. The molecule has 1 heterocycles. The topological polar surface area (TPSA) is 37.3 Å². The van der Waals surface area contributed by atoms with Gasteiger partial charge in [-0.25, -0.2) is 17.6 Å². The molecular weight excluding hydrogens is 262 g/mol. The van der Waals surface area contributed by atoms with Crippen LogP contribution in [0, 0.1) is 23.3 Å². The molecule has 0 unspecified atom stereocenters. The summed E-state index contributed by atoms with van der Waals surface area (Å²) in [5.74, 6) is -6.08. The molecule has 0 aliphatic heterocycles. The maximum Gasteiger partial charge on any atom is 0.186 e. The minimum Gasteiger partial charge on any atom is -0.272 e. The first-order valence-electron chi connectivity index (χ1n) is 5.11. The lowest BCUT2D eigenvalue weighted by molar-refractivity contribution is 0.458. The van der Waals surface area contributed by atoms with Gasteiger partial charge in [-0.2, -0.15) is 5.10 Å². The SMILES string of the molecule is Fc1cc(F)c(F)c(NN=Cc2cccnc2)c1F. The standard InChI is InChI=1S/C12H7F4N3/c13-8-4-9(14)11(16)12(10(8)15)19-18-6-7-2-1-3-17-5-7/h1-6,19H. The number of halogens is 4. The van der Waals surface area contributed by atoms with Gasteiger partial charge in [-0.1, -0.05) is 6.07 Å². The number of hydrazone groups is 1. The predicted molar refractivity (Wildman–Crippen MR) is 61.7 cm³/mol. The molecule has 7 heteroatoms. The van der Waals surface area contributed by atoms with E-state index in [9.17, 15) is 17.6 Å². The first-order valence-corrected chi connectivity index (χ1v) is 5.11. The van der Waals surface area contributed by atoms with E-state index < -0.39 is 29.0 Å². The van der Waals surface area contributed by atoms with Crippen LogP contribution in [0.2, 0.25) is 0 Å². The number of benzene rings is 1. The molecule has 0 atom stereocenters. The summed E-state index contributed by atoms with van der Waals surface area (Å²) in [6.07, 6.45) is 4.19. The van der Waals surface area contributed by atoms with Crippen molar-refractivity contribution in [2.45, 2.75) is 0 Å². The molecule has 0 radical (unpaired) electrons. The molecule has 2 aromatic rings. The van der Waals surface area contributed by atoms with Gasteiger partial charge < -0.3 is 0 Å². The molecule has 19 heavy (non-hydrogen) atoms. The Bertz CT molecular complexity index is 588. The van der Waals surface area contributed by atoms with Gasteiger partial charge in [0.2, 0.25) is 0 Å². The lowest BCUT2D eigenvalue weighted by Crippen LogP contribution is -2.02. The second kappa shape index (κ2) is 5.47. The van der Waals surface area contributed by atoms with Gasteiger partial charge in [0, 0.05) is 24.0 Å². The van der Waals surface area contributed by atoms with E-state index in [-0.39, 0.29) is 6.07 Å². The Morgan fingerprint density at radius 3 is 2.37 bits per heavy atom. The van der Waals surface area contributed by atoms with Crippen molar-refractivity contribution < 1.29 is 17.6 Å². The summed E-state index contributed by atoms with van der Waals surface area (Å²) in [6, 6.07) is 3.39. The maximum atomic E-state index is 13.2. The second-order valence-electron chi connectivity index (χ2n) is 3.50. The molecule has 0 saturated carbocycles. The van der Waals surface area contributed by atoms with Gasteiger partial charge in [-0.3, -0.25) is 10.4 Å². The molecule has 0 aliphatic carbocycles. The van der Waals surface area contributed by atoms with Crippen molar-refractivity contribution in [3.8, 4) is 0 Å². The third-order valence-corrected chi connectivity index (χ3v) is 2.19. The van der Waals surface area contributed by atoms with Crippen LogP contribution in [-0.4, -0.2) is 11.2 Å². The van der Waals surface area contributed by atoms with Gasteiger partial charge in [0.15, 0.2) is 23.3 Å². The summed E-state index contributed by atoms with van der Waals surface area (Å²) in [5, 5.41) is 3.49. The quantitative estimate of drug-likeness (QED) is 0.402. The minimum absolute atomic E-state index is 0.126. The van der Waals surface area contributed by atoms with Gasteiger partial charge in [0.1, 0.15) is 5.69 Å². The van der Waals surface area contributed by atoms with Crippen LogP contribution < -0.4 is 5.43 Å². The molecule has 0 aliphatic rings. The number of nitrogens with one attached hydrogen (secondary N) is 1. The first-order chi connectivity index (χ1) is 9.09. The van der Waals surface area contributed by atoms with Crippen LogP contribution in [0.5, 0.6) is 0 Å². The summed E-state index contributed by atoms with van der Waals surface area (Å²) < 4.78 is 52.2. The van der Waals surface area contributed by atoms with Crippen LogP contribution in [0.1, 0.15) is 5.56 Å². The Morgan fingerprint density at radius 2 is 1.79 bits per heavy atom. The van der Waals surface area contributed by atoms with Crippen molar-refractivity contribution in [3.63, 3.8) is 0 Å². The highest BCUT2D eigenvalue weighted by atomic mass is 19.2. The van der Waals surface area contributed by atoms with E-state index in [0.717, 1.165) is 0 Å². The fourth-order valence-corrected chi connectivity index (χ4v) is 1.30. The monoisotopic (exact) mass is 269 g/mol. The predicted octanol–water partition coefficient (Wildman–Crippen LogP) is 3.08. The van der Waals surface area contributed by atoms with Crippen molar-refractivity contribution in [2.24, 2.45) is 5.10 Å². The van der Waals surface area contributed by atoms with Crippen molar-refractivity contribution >= 4 is 11.9 Å². The Morgan fingerprint density at radius 1 is 1.11 bits per heavy atom. The van der Waals surface area contributed by atoms with Gasteiger partial charge >= 0.3 is 0 Å². The molecule has 0 bridgehead atoms. The smallest absolute Gasteiger partial charge is 0.186 e. The number of aromatic nitrogens is 1. The zero-order valence-corrected chi connectivity index (χ0v) is 9.37. The van der Waals surface area contributed by atoms with Gasteiger partial charge in [0.05, 0.1) is 6.21 Å². The maximum absolute atomic E-state index is 13.2. The summed E-state index contributed by atoms with van der Waals surface area (Å²) in [7, 11) is 0. The van der Waals surface area contributed by atoms with E-state index in [1.165, 1.54) is 18.6 Å². The highest BCUT2D eigenvalue weighted by Gasteiger charge is 2.18. The Kier molecular flexibility index (Phi) is 3.74. The van der Waals surface area contributed by atoms with Crippen LogP contribution >= 0.6 is 0 Å². The average Bonchev–Trinajstić information content (AvgIpc) is 2.42. The first kappa shape index (κ1) is 13.0. The van der Waals surface area contributed by atoms with Crippen LogP contribution in [0.4, 0.5) is 23.2 Å². The Balaban J connectivity index is 2.23. The molecule has 3 nitrogen and oxygen atoms in total. The fourth-order valence-electron chi connectivity index (χ4n) is 1.30. The molecule has 1 N–H and O–H groups in total. The van der Waals surface area contributed by atoms with Gasteiger partial charge in [0.25, 0.3) is 0 Å². The molecular formula is C12H7F4N3. The molecule has 1 aromatic heterocycles. The third kappa shape index (κ3) is 2.87. The Hall–Kier alpha value is -2.44. The molecule has 0 saturated heterocycles. The molecule has 98 valence electrons. The van der Waals surface area contributed by atoms with Crippen LogP contribution in [-0.2, 0) is 0 Å². The molecule has 1 aromatic carbocycles. The van der Waals surface area contributed by atoms with Gasteiger partial charge in [-0.05, 0) is 6.07 Å². The zero-order chi connectivity index (χ0) is 13.8. The lowest BCUT2D eigenvalue weighted by Gasteiger charge is -2.05. The molecule has 0 fully saturated rings. The zero-order valence-electron chi connectivity index (χ0n) is 9.37. The average molecular weight is 269 g/mol. The minimum atomic E-state index is -1.54. The van der Waals surface area contributed by atoms with E-state index in [4.69, 9.17) is 0 Å². The van der Waals surface area contributed by atoms with E-state index in [1.54, 1.807) is 12.1 Å². The normalized spacial score (nSPS) is 10.9. The number of hydrogen-bond donors (Lipinski definition) is 1. The van der Waals surface area contributed by atoms with Crippen LogP contribution in [0.3, 0.4) is 0 Å². The van der Waals surface area contributed by atoms with Crippen LogP contribution in [0.25, 0.3) is 0 Å². The van der Waals surface area contributed by atoms with Crippen molar-refractivity contribution in [1.29, 1.82) is 0 Å². The summed E-state index contributed by atoms with van der Waals surface area (Å²) in [4.78, 5) is 3.79. The van der Waals surface area contributed by atoms with E-state index in [0.29, 0.717) is 5.56 Å². The molecule has 0 spiro atoms. The number of nitrogens with zero attached hydrogens (tertiary/aromatic N) is 2. The largest absolute Gasteiger partial charge is 0.272 e. The summed E-state index contributed by atoms with van der Waals surface area (Å²) in [6.45, 7) is 0. The highest BCUT2D eigenvalue weighted by Crippen LogP contribution is 2.23. The fraction of sp³-hybridized carbons (Fsp3) is 0. The van der Waals surface area contributed by atoms with E-state index >= 15 is 0 Å². The summed E-state index contributed by atoms with van der Waals surface area (Å²) >= 11 is 0. The second-order valence-corrected chi connectivity index (χ2v) is 3.50. The van der Waals surface area contributed by atoms with Crippen LogP contribution in [0.15, 0.2) is 35.7 Å².